The number of rotatable bonds is 3. The largest absolute Gasteiger partial charge is 0.369 e. The van der Waals surface area contributed by atoms with Crippen molar-refractivity contribution in [2.45, 2.75) is 4.90 Å². The third kappa shape index (κ3) is 3.09. The van der Waals surface area contributed by atoms with Crippen molar-refractivity contribution in [1.29, 1.82) is 0 Å². The summed E-state index contributed by atoms with van der Waals surface area (Å²) in [5.74, 6) is 0. The number of nitrogens with zero attached hydrogens (tertiary/aromatic N) is 3. The molecule has 5 nitrogen and oxygen atoms in total. The zero-order valence-corrected chi connectivity index (χ0v) is 13.5. The Morgan fingerprint density at radius 1 is 1.05 bits per heavy atom. The Hall–Kier alpha value is -1.63. The van der Waals surface area contributed by atoms with Gasteiger partial charge in [-0.3, -0.25) is 4.98 Å². The van der Waals surface area contributed by atoms with Gasteiger partial charge in [-0.25, -0.2) is 8.42 Å². The summed E-state index contributed by atoms with van der Waals surface area (Å²) in [6, 6.07) is 10.8. The van der Waals surface area contributed by atoms with E-state index in [-0.39, 0.29) is 4.90 Å². The van der Waals surface area contributed by atoms with Crippen LogP contribution in [-0.2, 0) is 10.0 Å². The number of anilines is 1. The molecule has 7 heteroatoms. The van der Waals surface area contributed by atoms with E-state index in [1.165, 1.54) is 10.5 Å². The Balaban J connectivity index is 1.72. The molecule has 0 N–H and O–H groups in total. The maximum absolute atomic E-state index is 12.5. The molecule has 1 aliphatic rings. The quantitative estimate of drug-likeness (QED) is 0.862. The monoisotopic (exact) mass is 337 g/mol. The second kappa shape index (κ2) is 6.24. The van der Waals surface area contributed by atoms with Gasteiger partial charge in [-0.2, -0.15) is 4.31 Å². The van der Waals surface area contributed by atoms with Crippen LogP contribution in [-0.4, -0.2) is 43.9 Å². The van der Waals surface area contributed by atoms with Crippen LogP contribution in [0.2, 0.25) is 5.02 Å². The zero-order chi connectivity index (χ0) is 15.6. The van der Waals surface area contributed by atoms with E-state index < -0.39 is 10.0 Å². The number of benzene rings is 1. The molecule has 3 rings (SSSR count). The summed E-state index contributed by atoms with van der Waals surface area (Å²) < 4.78 is 26.6. The summed E-state index contributed by atoms with van der Waals surface area (Å²) in [7, 11) is -3.46. The Kier molecular flexibility index (Phi) is 4.33. The molecule has 2 aromatic rings. The lowest BCUT2D eigenvalue weighted by atomic mass is 10.2. The van der Waals surface area contributed by atoms with Crippen molar-refractivity contribution >= 4 is 27.3 Å². The minimum Gasteiger partial charge on any atom is -0.369 e. The standard InChI is InChI=1S/C15H16ClN3O2S/c16-13-3-1-4-14(11-13)18-7-9-19(10-8-18)22(20,21)15-5-2-6-17-12-15/h1-6,11-12H,7-10H2. The normalized spacial score (nSPS) is 16.7. The van der Waals surface area contributed by atoms with Crippen LogP contribution in [0.25, 0.3) is 0 Å². The van der Waals surface area contributed by atoms with Gasteiger partial charge < -0.3 is 4.90 Å². The molecule has 0 bridgehead atoms. The number of halogens is 1. The van der Waals surface area contributed by atoms with Crippen molar-refractivity contribution in [3.05, 3.63) is 53.8 Å². The molecule has 1 saturated heterocycles. The Morgan fingerprint density at radius 3 is 2.45 bits per heavy atom. The summed E-state index contributed by atoms with van der Waals surface area (Å²) in [4.78, 5) is 6.27. The molecular weight excluding hydrogens is 322 g/mol. The SMILES string of the molecule is O=S(=O)(c1cccnc1)N1CCN(c2cccc(Cl)c2)CC1. The maximum Gasteiger partial charge on any atom is 0.244 e. The van der Waals surface area contributed by atoms with E-state index in [0.717, 1.165) is 5.69 Å². The Labute approximate surface area is 135 Å². The van der Waals surface area contributed by atoms with Crippen LogP contribution in [0.1, 0.15) is 0 Å². The fourth-order valence-corrected chi connectivity index (χ4v) is 4.08. The highest BCUT2D eigenvalue weighted by molar-refractivity contribution is 7.89. The number of hydrogen-bond donors (Lipinski definition) is 0. The molecule has 1 fully saturated rings. The Bertz CT molecular complexity index is 744. The number of pyridine rings is 1. The fraction of sp³-hybridized carbons (Fsp3) is 0.267. The van der Waals surface area contributed by atoms with Crippen LogP contribution in [0.3, 0.4) is 0 Å². The predicted octanol–water partition coefficient (Wildman–Crippen LogP) is 2.25. The first kappa shape index (κ1) is 15.3. The highest BCUT2D eigenvalue weighted by atomic mass is 35.5. The molecule has 2 heterocycles. The van der Waals surface area contributed by atoms with Crippen molar-refractivity contribution in [3.8, 4) is 0 Å². The molecule has 0 spiro atoms. The molecule has 0 radical (unpaired) electrons. The van der Waals surface area contributed by atoms with E-state index in [1.54, 1.807) is 18.3 Å². The van der Waals surface area contributed by atoms with E-state index >= 15 is 0 Å². The molecular formula is C15H16ClN3O2S. The molecule has 1 aromatic heterocycles. The average Bonchev–Trinajstić information content (AvgIpc) is 2.56. The van der Waals surface area contributed by atoms with Crippen LogP contribution in [0.4, 0.5) is 5.69 Å². The van der Waals surface area contributed by atoms with E-state index in [0.29, 0.717) is 31.2 Å². The van der Waals surface area contributed by atoms with E-state index in [2.05, 4.69) is 9.88 Å². The second-order valence-corrected chi connectivity index (χ2v) is 7.43. The minimum atomic E-state index is -3.46. The van der Waals surface area contributed by atoms with E-state index in [4.69, 9.17) is 11.6 Å². The molecule has 0 aliphatic carbocycles. The third-order valence-electron chi connectivity index (χ3n) is 3.68. The van der Waals surface area contributed by atoms with Gasteiger partial charge in [0.15, 0.2) is 0 Å². The maximum atomic E-state index is 12.5. The first-order valence-electron chi connectivity index (χ1n) is 6.98. The molecule has 0 saturated carbocycles. The van der Waals surface area contributed by atoms with Gasteiger partial charge in [0.05, 0.1) is 0 Å². The van der Waals surface area contributed by atoms with Crippen molar-refractivity contribution in [1.82, 2.24) is 9.29 Å². The molecule has 22 heavy (non-hydrogen) atoms. The van der Waals surface area contributed by atoms with Crippen molar-refractivity contribution in [3.63, 3.8) is 0 Å². The molecule has 1 aromatic carbocycles. The van der Waals surface area contributed by atoms with Gasteiger partial charge in [-0.05, 0) is 30.3 Å². The van der Waals surface area contributed by atoms with E-state index in [1.807, 2.05) is 24.3 Å². The summed E-state index contributed by atoms with van der Waals surface area (Å²) in [5, 5.41) is 0.683. The lowest BCUT2D eigenvalue weighted by Gasteiger charge is -2.35. The van der Waals surface area contributed by atoms with Crippen LogP contribution < -0.4 is 4.90 Å². The van der Waals surface area contributed by atoms with E-state index in [9.17, 15) is 8.42 Å². The second-order valence-electron chi connectivity index (χ2n) is 5.06. The number of sulfonamides is 1. The van der Waals surface area contributed by atoms with Gasteiger partial charge >= 0.3 is 0 Å². The van der Waals surface area contributed by atoms with Gasteiger partial charge in [0.2, 0.25) is 10.0 Å². The fourth-order valence-electron chi connectivity index (χ4n) is 2.51. The molecule has 0 amide bonds. The lowest BCUT2D eigenvalue weighted by Crippen LogP contribution is -2.48. The molecule has 1 aliphatic heterocycles. The van der Waals surface area contributed by atoms with Crippen LogP contribution >= 0.6 is 11.6 Å². The summed E-state index contributed by atoms with van der Waals surface area (Å²) in [6.07, 6.45) is 2.95. The number of hydrogen-bond acceptors (Lipinski definition) is 4. The first-order chi connectivity index (χ1) is 10.6. The van der Waals surface area contributed by atoms with Gasteiger partial charge in [0.25, 0.3) is 0 Å². The van der Waals surface area contributed by atoms with Gasteiger partial charge in [0.1, 0.15) is 4.90 Å². The molecule has 0 unspecified atom stereocenters. The average molecular weight is 338 g/mol. The first-order valence-corrected chi connectivity index (χ1v) is 8.80. The van der Waals surface area contributed by atoms with Gasteiger partial charge in [0, 0.05) is 49.3 Å². The summed E-state index contributed by atoms with van der Waals surface area (Å²) in [6.45, 7) is 2.17. The number of piperazine rings is 1. The highest BCUT2D eigenvalue weighted by Crippen LogP contribution is 2.23. The molecule has 0 atom stereocenters. The van der Waals surface area contributed by atoms with Crippen molar-refractivity contribution in [2.24, 2.45) is 0 Å². The highest BCUT2D eigenvalue weighted by Gasteiger charge is 2.28. The van der Waals surface area contributed by atoms with Crippen molar-refractivity contribution < 1.29 is 8.42 Å². The smallest absolute Gasteiger partial charge is 0.244 e. The minimum absolute atomic E-state index is 0.242. The number of aromatic nitrogens is 1. The molecule has 116 valence electrons. The zero-order valence-electron chi connectivity index (χ0n) is 11.9. The lowest BCUT2D eigenvalue weighted by molar-refractivity contribution is 0.385. The van der Waals surface area contributed by atoms with Gasteiger partial charge in [-0.1, -0.05) is 17.7 Å². The summed E-state index contributed by atoms with van der Waals surface area (Å²) >= 11 is 6.01. The third-order valence-corrected chi connectivity index (χ3v) is 5.80. The van der Waals surface area contributed by atoms with Crippen LogP contribution in [0.15, 0.2) is 53.7 Å². The van der Waals surface area contributed by atoms with Crippen LogP contribution in [0.5, 0.6) is 0 Å². The summed E-state index contributed by atoms with van der Waals surface area (Å²) in [5.41, 5.74) is 1.02. The topological polar surface area (TPSA) is 53.5 Å². The van der Waals surface area contributed by atoms with Crippen molar-refractivity contribution in [2.75, 3.05) is 31.1 Å². The van der Waals surface area contributed by atoms with Gasteiger partial charge in [-0.15, -0.1) is 0 Å². The van der Waals surface area contributed by atoms with Crippen LogP contribution in [0, 0.1) is 0 Å². The predicted molar refractivity (Wildman–Crippen MR) is 86.7 cm³/mol. The Morgan fingerprint density at radius 2 is 1.82 bits per heavy atom.